The lowest BCUT2D eigenvalue weighted by molar-refractivity contribution is -0.136. The van der Waals surface area contributed by atoms with E-state index in [1.165, 1.54) is 6.92 Å². The van der Waals surface area contributed by atoms with E-state index in [1.54, 1.807) is 31.2 Å². The van der Waals surface area contributed by atoms with E-state index in [0.29, 0.717) is 17.9 Å². The Labute approximate surface area is 105 Å². The second-order valence-corrected chi connectivity index (χ2v) is 3.58. The van der Waals surface area contributed by atoms with Gasteiger partial charge < -0.3 is 16.0 Å². The van der Waals surface area contributed by atoms with Crippen LogP contribution in [0.4, 0.5) is 11.4 Å². The van der Waals surface area contributed by atoms with Crippen molar-refractivity contribution in [3.8, 4) is 0 Å². The van der Waals surface area contributed by atoms with Crippen molar-refractivity contribution in [2.24, 2.45) is 0 Å². The van der Waals surface area contributed by atoms with Gasteiger partial charge in [-0.15, -0.1) is 0 Å². The molecular formula is C12H15N3O3. The van der Waals surface area contributed by atoms with Crippen molar-refractivity contribution in [1.82, 2.24) is 5.32 Å². The third kappa shape index (κ3) is 4.25. The van der Waals surface area contributed by atoms with Gasteiger partial charge in [-0.1, -0.05) is 6.07 Å². The number of amides is 3. The molecule has 0 heterocycles. The number of benzene rings is 1. The van der Waals surface area contributed by atoms with E-state index in [9.17, 15) is 14.4 Å². The average molecular weight is 249 g/mol. The van der Waals surface area contributed by atoms with E-state index in [2.05, 4.69) is 16.0 Å². The number of carbonyl (C=O) groups excluding carboxylic acids is 3. The van der Waals surface area contributed by atoms with Gasteiger partial charge in [0.2, 0.25) is 5.91 Å². The van der Waals surface area contributed by atoms with Gasteiger partial charge in [0, 0.05) is 24.8 Å². The van der Waals surface area contributed by atoms with E-state index < -0.39 is 11.8 Å². The second kappa shape index (κ2) is 6.39. The summed E-state index contributed by atoms with van der Waals surface area (Å²) in [6.45, 7) is 3.50. The van der Waals surface area contributed by atoms with Gasteiger partial charge in [-0.05, 0) is 25.1 Å². The molecule has 96 valence electrons. The third-order valence-corrected chi connectivity index (χ3v) is 1.98. The second-order valence-electron chi connectivity index (χ2n) is 3.58. The summed E-state index contributed by atoms with van der Waals surface area (Å²) in [5, 5.41) is 7.41. The molecule has 0 aliphatic heterocycles. The first kappa shape index (κ1) is 13.7. The number of hydrogen-bond acceptors (Lipinski definition) is 3. The van der Waals surface area contributed by atoms with Crippen molar-refractivity contribution in [2.45, 2.75) is 13.8 Å². The molecule has 6 heteroatoms. The molecule has 0 atom stereocenters. The Hall–Kier alpha value is -2.37. The Balaban J connectivity index is 2.70. The van der Waals surface area contributed by atoms with Crippen LogP contribution in [0.1, 0.15) is 13.8 Å². The minimum atomic E-state index is -0.739. The molecule has 0 unspecified atom stereocenters. The Morgan fingerprint density at radius 1 is 1.06 bits per heavy atom. The van der Waals surface area contributed by atoms with Gasteiger partial charge in [-0.3, -0.25) is 14.4 Å². The van der Waals surface area contributed by atoms with Crippen molar-refractivity contribution in [1.29, 1.82) is 0 Å². The Bertz CT molecular complexity index is 471. The highest BCUT2D eigenvalue weighted by atomic mass is 16.2. The Morgan fingerprint density at radius 3 is 2.22 bits per heavy atom. The fourth-order valence-corrected chi connectivity index (χ4v) is 1.31. The summed E-state index contributed by atoms with van der Waals surface area (Å²) in [5.41, 5.74) is 0.994. The predicted molar refractivity (Wildman–Crippen MR) is 68.1 cm³/mol. The lowest BCUT2D eigenvalue weighted by Crippen LogP contribution is -2.35. The van der Waals surface area contributed by atoms with Crippen LogP contribution in [0.5, 0.6) is 0 Å². The van der Waals surface area contributed by atoms with Gasteiger partial charge in [0.15, 0.2) is 0 Å². The number of anilines is 2. The summed E-state index contributed by atoms with van der Waals surface area (Å²) in [6, 6.07) is 6.54. The SMILES string of the molecule is CCNC(=O)C(=O)Nc1cccc(NC(C)=O)c1. The molecule has 1 rings (SSSR count). The molecule has 0 radical (unpaired) electrons. The zero-order valence-electron chi connectivity index (χ0n) is 10.2. The summed E-state index contributed by atoms with van der Waals surface area (Å²) in [5.74, 6) is -1.64. The fourth-order valence-electron chi connectivity index (χ4n) is 1.31. The van der Waals surface area contributed by atoms with Crippen molar-refractivity contribution < 1.29 is 14.4 Å². The van der Waals surface area contributed by atoms with Gasteiger partial charge in [0.05, 0.1) is 0 Å². The molecule has 0 aromatic heterocycles. The standard InChI is InChI=1S/C12H15N3O3/c1-3-13-11(17)12(18)15-10-6-4-5-9(7-10)14-8(2)16/h4-7H,3H2,1-2H3,(H,13,17)(H,14,16)(H,15,18). The van der Waals surface area contributed by atoms with E-state index in [4.69, 9.17) is 0 Å². The highest BCUT2D eigenvalue weighted by Crippen LogP contribution is 2.14. The molecule has 0 bridgehead atoms. The zero-order valence-corrected chi connectivity index (χ0v) is 10.2. The minimum absolute atomic E-state index is 0.206. The summed E-state index contributed by atoms with van der Waals surface area (Å²) in [6.07, 6.45) is 0. The van der Waals surface area contributed by atoms with Crippen LogP contribution in [-0.2, 0) is 14.4 Å². The van der Waals surface area contributed by atoms with E-state index >= 15 is 0 Å². The quantitative estimate of drug-likeness (QED) is 0.690. The zero-order chi connectivity index (χ0) is 13.5. The number of nitrogens with one attached hydrogen (secondary N) is 3. The average Bonchev–Trinajstić information content (AvgIpc) is 2.28. The van der Waals surface area contributed by atoms with Crippen LogP contribution in [-0.4, -0.2) is 24.3 Å². The molecule has 1 aromatic rings. The molecular weight excluding hydrogens is 234 g/mol. The van der Waals surface area contributed by atoms with Gasteiger partial charge in [-0.2, -0.15) is 0 Å². The maximum Gasteiger partial charge on any atom is 0.313 e. The number of rotatable bonds is 3. The fraction of sp³-hybridized carbons (Fsp3) is 0.250. The molecule has 0 saturated carbocycles. The van der Waals surface area contributed by atoms with Gasteiger partial charge in [-0.25, -0.2) is 0 Å². The maximum atomic E-state index is 11.4. The molecule has 6 nitrogen and oxygen atoms in total. The summed E-state index contributed by atoms with van der Waals surface area (Å²) >= 11 is 0. The van der Waals surface area contributed by atoms with Gasteiger partial charge in [0.1, 0.15) is 0 Å². The summed E-state index contributed by atoms with van der Waals surface area (Å²) in [4.78, 5) is 33.5. The predicted octanol–water partition coefficient (Wildman–Crippen LogP) is 0.720. The van der Waals surface area contributed by atoms with Crippen LogP contribution in [0.3, 0.4) is 0 Å². The van der Waals surface area contributed by atoms with Crippen molar-refractivity contribution in [3.05, 3.63) is 24.3 Å². The van der Waals surface area contributed by atoms with Crippen LogP contribution >= 0.6 is 0 Å². The first-order valence-corrected chi connectivity index (χ1v) is 5.49. The minimum Gasteiger partial charge on any atom is -0.348 e. The van der Waals surface area contributed by atoms with Crippen molar-refractivity contribution >= 4 is 29.1 Å². The molecule has 0 fully saturated rings. The molecule has 0 aliphatic carbocycles. The maximum absolute atomic E-state index is 11.4. The Kier molecular flexibility index (Phi) is 4.86. The normalized spacial score (nSPS) is 9.44. The molecule has 18 heavy (non-hydrogen) atoms. The van der Waals surface area contributed by atoms with Gasteiger partial charge in [0.25, 0.3) is 0 Å². The van der Waals surface area contributed by atoms with Crippen LogP contribution in [0, 0.1) is 0 Å². The molecule has 0 spiro atoms. The highest BCUT2D eigenvalue weighted by molar-refractivity contribution is 6.39. The molecule has 0 aliphatic rings. The van der Waals surface area contributed by atoms with Crippen molar-refractivity contribution in [3.63, 3.8) is 0 Å². The summed E-state index contributed by atoms with van der Waals surface area (Å²) < 4.78 is 0. The van der Waals surface area contributed by atoms with Crippen LogP contribution in [0.2, 0.25) is 0 Å². The van der Waals surface area contributed by atoms with E-state index in [-0.39, 0.29) is 5.91 Å². The number of hydrogen-bond donors (Lipinski definition) is 3. The molecule has 1 aromatic carbocycles. The lowest BCUT2D eigenvalue weighted by Gasteiger charge is -2.07. The van der Waals surface area contributed by atoms with Gasteiger partial charge >= 0.3 is 11.8 Å². The largest absolute Gasteiger partial charge is 0.348 e. The highest BCUT2D eigenvalue weighted by Gasteiger charge is 2.12. The first-order chi connectivity index (χ1) is 8.52. The summed E-state index contributed by atoms with van der Waals surface area (Å²) in [7, 11) is 0. The molecule has 3 amide bonds. The van der Waals surface area contributed by atoms with Crippen molar-refractivity contribution in [2.75, 3.05) is 17.2 Å². The third-order valence-electron chi connectivity index (χ3n) is 1.98. The van der Waals surface area contributed by atoms with E-state index in [1.807, 2.05) is 0 Å². The van der Waals surface area contributed by atoms with Crippen LogP contribution in [0.25, 0.3) is 0 Å². The number of likely N-dealkylation sites (N-methyl/N-ethyl adjacent to an activating group) is 1. The topological polar surface area (TPSA) is 87.3 Å². The monoisotopic (exact) mass is 249 g/mol. The lowest BCUT2D eigenvalue weighted by atomic mass is 10.2. The van der Waals surface area contributed by atoms with Crippen LogP contribution < -0.4 is 16.0 Å². The molecule has 0 saturated heterocycles. The first-order valence-electron chi connectivity index (χ1n) is 5.49. The Morgan fingerprint density at radius 2 is 1.67 bits per heavy atom. The van der Waals surface area contributed by atoms with Crippen LogP contribution in [0.15, 0.2) is 24.3 Å². The number of carbonyl (C=O) groups is 3. The molecule has 3 N–H and O–H groups in total. The van der Waals surface area contributed by atoms with E-state index in [0.717, 1.165) is 0 Å². The smallest absolute Gasteiger partial charge is 0.313 e.